The van der Waals surface area contributed by atoms with Gasteiger partial charge in [-0.05, 0) is 6.92 Å². The first-order chi connectivity index (χ1) is 8.99. The van der Waals surface area contributed by atoms with E-state index in [0.717, 1.165) is 4.90 Å². The summed E-state index contributed by atoms with van der Waals surface area (Å²) in [6.07, 6.45) is -0.0837. The lowest BCUT2D eigenvalue weighted by Gasteiger charge is -2.39. The molecule has 2 N–H and O–H groups in total. The summed E-state index contributed by atoms with van der Waals surface area (Å²) >= 11 is 0. The molecule has 0 bridgehead atoms. The molecule has 8 nitrogen and oxygen atoms in total. The van der Waals surface area contributed by atoms with E-state index in [1.54, 1.807) is 0 Å². The van der Waals surface area contributed by atoms with Gasteiger partial charge >= 0.3 is 12.0 Å². The van der Waals surface area contributed by atoms with Gasteiger partial charge in [-0.3, -0.25) is 9.69 Å². The summed E-state index contributed by atoms with van der Waals surface area (Å²) in [5.41, 5.74) is 0. The van der Waals surface area contributed by atoms with Crippen LogP contribution in [0.2, 0.25) is 0 Å². The number of carbonyl (C=O) groups excluding carboxylic acids is 2. The SMILES string of the molecule is CC1CN(C(=O)N2CC(=O)NCC2C(=O)O)CCO1. The fraction of sp³-hybridized carbons (Fsp3) is 0.727. The first-order valence-corrected chi connectivity index (χ1v) is 6.15. The predicted molar refractivity (Wildman–Crippen MR) is 63.5 cm³/mol. The highest BCUT2D eigenvalue weighted by atomic mass is 16.5. The standard InChI is InChI=1S/C11H17N3O5/c1-7-5-13(2-3-19-7)11(18)14-6-9(15)12-4-8(14)10(16)17/h7-8H,2-6H2,1H3,(H,12,15)(H,16,17). The highest BCUT2D eigenvalue weighted by Gasteiger charge is 2.38. The molecule has 106 valence electrons. The number of carboxylic acid groups (broad SMARTS) is 1. The van der Waals surface area contributed by atoms with E-state index < -0.39 is 18.0 Å². The third kappa shape index (κ3) is 2.95. The van der Waals surface area contributed by atoms with E-state index in [-0.39, 0.29) is 25.1 Å². The maximum absolute atomic E-state index is 12.3. The van der Waals surface area contributed by atoms with Crippen molar-refractivity contribution in [1.82, 2.24) is 15.1 Å². The first kappa shape index (κ1) is 13.6. The zero-order valence-electron chi connectivity index (χ0n) is 10.7. The van der Waals surface area contributed by atoms with Crippen LogP contribution in [0.25, 0.3) is 0 Å². The minimum absolute atomic E-state index is 0.0558. The number of amides is 3. The number of piperazine rings is 1. The van der Waals surface area contributed by atoms with Crippen molar-refractivity contribution in [2.24, 2.45) is 0 Å². The molecule has 2 fully saturated rings. The minimum atomic E-state index is -1.12. The van der Waals surface area contributed by atoms with Crippen molar-refractivity contribution >= 4 is 17.9 Å². The van der Waals surface area contributed by atoms with Crippen molar-refractivity contribution in [1.29, 1.82) is 0 Å². The Morgan fingerprint density at radius 2 is 2.21 bits per heavy atom. The third-order valence-electron chi connectivity index (χ3n) is 3.23. The van der Waals surface area contributed by atoms with Crippen molar-refractivity contribution in [2.45, 2.75) is 19.1 Å². The normalized spacial score (nSPS) is 27.9. The average Bonchev–Trinajstić information content (AvgIpc) is 2.37. The second kappa shape index (κ2) is 5.43. The number of nitrogens with zero attached hydrogens (tertiary/aromatic N) is 2. The van der Waals surface area contributed by atoms with Crippen LogP contribution in [0.5, 0.6) is 0 Å². The Hall–Kier alpha value is -1.83. The number of ether oxygens (including phenoxy) is 1. The van der Waals surface area contributed by atoms with Gasteiger partial charge in [-0.2, -0.15) is 0 Å². The highest BCUT2D eigenvalue weighted by molar-refractivity contribution is 5.90. The van der Waals surface area contributed by atoms with Crippen molar-refractivity contribution < 1.29 is 24.2 Å². The van der Waals surface area contributed by atoms with Crippen molar-refractivity contribution in [3.05, 3.63) is 0 Å². The number of carbonyl (C=O) groups is 3. The van der Waals surface area contributed by atoms with Crippen LogP contribution in [0.15, 0.2) is 0 Å². The Morgan fingerprint density at radius 3 is 2.84 bits per heavy atom. The maximum Gasteiger partial charge on any atom is 0.328 e. The molecule has 2 heterocycles. The summed E-state index contributed by atoms with van der Waals surface area (Å²) in [4.78, 5) is 37.4. The van der Waals surface area contributed by atoms with Crippen molar-refractivity contribution in [3.63, 3.8) is 0 Å². The zero-order valence-corrected chi connectivity index (χ0v) is 10.7. The van der Waals surface area contributed by atoms with E-state index in [2.05, 4.69) is 5.32 Å². The summed E-state index contributed by atoms with van der Waals surface area (Å²) in [6.45, 7) is 2.81. The molecule has 0 aromatic rings. The fourth-order valence-corrected chi connectivity index (χ4v) is 2.24. The molecule has 3 amide bonds. The molecule has 19 heavy (non-hydrogen) atoms. The topological polar surface area (TPSA) is 99.2 Å². The van der Waals surface area contributed by atoms with Gasteiger partial charge in [0, 0.05) is 19.6 Å². The van der Waals surface area contributed by atoms with Gasteiger partial charge in [0.15, 0.2) is 0 Å². The summed E-state index contributed by atoms with van der Waals surface area (Å²) in [5.74, 6) is -1.46. The lowest BCUT2D eigenvalue weighted by Crippen LogP contribution is -2.63. The number of aliphatic carboxylic acids is 1. The smallest absolute Gasteiger partial charge is 0.328 e. The van der Waals surface area contributed by atoms with Crippen LogP contribution in [0, 0.1) is 0 Å². The van der Waals surface area contributed by atoms with Crippen LogP contribution in [0.1, 0.15) is 6.92 Å². The number of nitrogens with one attached hydrogen (secondary N) is 1. The van der Waals surface area contributed by atoms with E-state index in [1.165, 1.54) is 4.90 Å². The Kier molecular flexibility index (Phi) is 3.89. The molecule has 8 heteroatoms. The molecule has 0 aromatic heterocycles. The molecule has 2 rings (SSSR count). The van der Waals surface area contributed by atoms with Crippen LogP contribution in [-0.4, -0.2) is 77.7 Å². The molecule has 2 aliphatic heterocycles. The van der Waals surface area contributed by atoms with Gasteiger partial charge in [-0.1, -0.05) is 0 Å². The van der Waals surface area contributed by atoms with Crippen LogP contribution < -0.4 is 5.32 Å². The van der Waals surface area contributed by atoms with Crippen LogP contribution in [0.3, 0.4) is 0 Å². The number of morpholine rings is 1. The average molecular weight is 271 g/mol. The van der Waals surface area contributed by atoms with Gasteiger partial charge in [0.1, 0.15) is 12.6 Å². The summed E-state index contributed by atoms with van der Waals surface area (Å²) < 4.78 is 5.33. The van der Waals surface area contributed by atoms with Crippen LogP contribution >= 0.6 is 0 Å². The Bertz CT molecular complexity index is 400. The first-order valence-electron chi connectivity index (χ1n) is 6.15. The van der Waals surface area contributed by atoms with Gasteiger partial charge in [-0.25, -0.2) is 9.59 Å². The van der Waals surface area contributed by atoms with E-state index >= 15 is 0 Å². The molecule has 0 aliphatic carbocycles. The Labute approximate surface area is 110 Å². The van der Waals surface area contributed by atoms with Gasteiger partial charge < -0.3 is 20.1 Å². The maximum atomic E-state index is 12.3. The van der Waals surface area contributed by atoms with Crippen LogP contribution in [0.4, 0.5) is 4.79 Å². The number of hydrogen-bond donors (Lipinski definition) is 2. The van der Waals surface area contributed by atoms with Gasteiger partial charge in [0.2, 0.25) is 5.91 Å². The number of urea groups is 1. The molecule has 2 saturated heterocycles. The molecule has 0 radical (unpaired) electrons. The van der Waals surface area contributed by atoms with Crippen molar-refractivity contribution in [3.8, 4) is 0 Å². The largest absolute Gasteiger partial charge is 0.480 e. The molecular weight excluding hydrogens is 254 g/mol. The highest BCUT2D eigenvalue weighted by Crippen LogP contribution is 2.12. The van der Waals surface area contributed by atoms with Gasteiger partial charge in [0.25, 0.3) is 0 Å². The monoisotopic (exact) mass is 271 g/mol. The second-order valence-corrected chi connectivity index (χ2v) is 4.70. The van der Waals surface area contributed by atoms with E-state index in [9.17, 15) is 14.4 Å². The van der Waals surface area contributed by atoms with Crippen LogP contribution in [-0.2, 0) is 14.3 Å². The van der Waals surface area contributed by atoms with E-state index in [4.69, 9.17) is 9.84 Å². The molecule has 2 aliphatic rings. The molecule has 2 atom stereocenters. The number of carboxylic acids is 1. The Morgan fingerprint density at radius 1 is 1.47 bits per heavy atom. The van der Waals surface area contributed by atoms with Crippen molar-refractivity contribution in [2.75, 3.05) is 32.8 Å². The summed E-state index contributed by atoms with van der Waals surface area (Å²) in [5, 5.41) is 11.6. The number of rotatable bonds is 1. The Balaban J connectivity index is 2.09. The summed E-state index contributed by atoms with van der Waals surface area (Å²) in [6, 6.07) is -1.43. The molecule has 0 aromatic carbocycles. The zero-order chi connectivity index (χ0) is 14.0. The lowest BCUT2D eigenvalue weighted by atomic mass is 10.2. The number of hydrogen-bond acceptors (Lipinski definition) is 4. The molecule has 0 spiro atoms. The molecule has 2 unspecified atom stereocenters. The fourth-order valence-electron chi connectivity index (χ4n) is 2.24. The second-order valence-electron chi connectivity index (χ2n) is 4.70. The van der Waals surface area contributed by atoms with Gasteiger partial charge in [-0.15, -0.1) is 0 Å². The van der Waals surface area contributed by atoms with E-state index in [1.807, 2.05) is 6.92 Å². The molecule has 0 saturated carbocycles. The van der Waals surface area contributed by atoms with E-state index in [0.29, 0.717) is 19.7 Å². The van der Waals surface area contributed by atoms with Gasteiger partial charge in [0.05, 0.1) is 12.7 Å². The third-order valence-corrected chi connectivity index (χ3v) is 3.23. The summed E-state index contributed by atoms with van der Waals surface area (Å²) in [7, 11) is 0. The predicted octanol–water partition coefficient (Wildman–Crippen LogP) is -1.29. The lowest BCUT2D eigenvalue weighted by molar-refractivity contribution is -0.144. The molecular formula is C11H17N3O5. The quantitative estimate of drug-likeness (QED) is 0.618. The minimum Gasteiger partial charge on any atom is -0.480 e.